The Bertz CT molecular complexity index is 388. The fraction of sp³-hybridized carbons (Fsp3) is 0.500. The first kappa shape index (κ1) is 12.8. The van der Waals surface area contributed by atoms with E-state index in [0.29, 0.717) is 27.7 Å². The molecule has 5 heteroatoms. The fourth-order valence-electron chi connectivity index (χ4n) is 2.01. The first-order valence-electron chi connectivity index (χ1n) is 5.66. The van der Waals surface area contributed by atoms with Gasteiger partial charge in [-0.1, -0.05) is 30.1 Å². The van der Waals surface area contributed by atoms with Gasteiger partial charge in [-0.2, -0.15) is 0 Å². The van der Waals surface area contributed by atoms with Gasteiger partial charge in [-0.25, -0.2) is 0 Å². The normalized spacial score (nSPS) is 24.6. The Morgan fingerprint density at radius 1 is 1.35 bits per heavy atom. The average Bonchev–Trinajstić information content (AvgIpc) is 2.25. The number of hydrogen-bond donors (Lipinski definition) is 2. The highest BCUT2D eigenvalue weighted by molar-refractivity contribution is 6.39. The number of nitrogen functional groups attached to an aromatic ring is 1. The maximum atomic E-state index is 6.14. The molecule has 0 aromatic heterocycles. The van der Waals surface area contributed by atoms with Crippen LogP contribution in [0.15, 0.2) is 12.1 Å². The third-order valence-electron chi connectivity index (χ3n) is 3.03. The number of anilines is 2. The van der Waals surface area contributed by atoms with Gasteiger partial charge >= 0.3 is 0 Å². The van der Waals surface area contributed by atoms with Crippen LogP contribution in [0.4, 0.5) is 11.4 Å². The second-order valence-corrected chi connectivity index (χ2v) is 5.27. The van der Waals surface area contributed by atoms with Gasteiger partial charge in [-0.15, -0.1) is 0 Å². The van der Waals surface area contributed by atoms with Crippen LogP contribution in [0.25, 0.3) is 0 Å². The molecule has 0 bridgehead atoms. The number of nitrogens with one attached hydrogen (secondary N) is 1. The molecule has 1 fully saturated rings. The van der Waals surface area contributed by atoms with E-state index >= 15 is 0 Å². The van der Waals surface area contributed by atoms with E-state index in [1.807, 2.05) is 0 Å². The van der Waals surface area contributed by atoms with Crippen LogP contribution < -0.4 is 11.1 Å². The lowest BCUT2D eigenvalue weighted by molar-refractivity contribution is 0.0538. The number of nitrogens with two attached hydrogens (primary N) is 1. The maximum absolute atomic E-state index is 6.14. The number of benzene rings is 1. The first-order chi connectivity index (χ1) is 8.08. The number of hydrogen-bond acceptors (Lipinski definition) is 3. The molecule has 3 N–H and O–H groups in total. The van der Waals surface area contributed by atoms with Crippen LogP contribution in [0.3, 0.4) is 0 Å². The smallest absolute Gasteiger partial charge is 0.0722 e. The predicted molar refractivity (Wildman–Crippen MR) is 72.9 cm³/mol. The Balaban J connectivity index is 2.17. The first-order valence-corrected chi connectivity index (χ1v) is 6.42. The van der Waals surface area contributed by atoms with Crippen molar-refractivity contribution in [1.82, 2.24) is 0 Å². The van der Waals surface area contributed by atoms with Gasteiger partial charge in [0.1, 0.15) is 0 Å². The molecule has 0 amide bonds. The highest BCUT2D eigenvalue weighted by Gasteiger charge is 2.23. The minimum Gasteiger partial charge on any atom is -0.399 e. The third kappa shape index (κ3) is 2.97. The monoisotopic (exact) mass is 274 g/mol. The summed E-state index contributed by atoms with van der Waals surface area (Å²) in [4.78, 5) is 0. The molecule has 0 aliphatic carbocycles. The topological polar surface area (TPSA) is 47.3 Å². The molecule has 94 valence electrons. The van der Waals surface area contributed by atoms with Crippen molar-refractivity contribution in [3.63, 3.8) is 0 Å². The highest BCUT2D eigenvalue weighted by Crippen LogP contribution is 2.34. The summed E-state index contributed by atoms with van der Waals surface area (Å²) in [6.07, 6.45) is 0.957. The molecular weight excluding hydrogens is 259 g/mol. The largest absolute Gasteiger partial charge is 0.399 e. The summed E-state index contributed by atoms with van der Waals surface area (Å²) < 4.78 is 5.40. The van der Waals surface area contributed by atoms with E-state index in [1.54, 1.807) is 12.1 Å². The summed E-state index contributed by atoms with van der Waals surface area (Å²) in [6, 6.07) is 3.75. The summed E-state index contributed by atoms with van der Waals surface area (Å²) in [6.45, 7) is 3.68. The van der Waals surface area contributed by atoms with Gasteiger partial charge in [0.25, 0.3) is 0 Å². The van der Waals surface area contributed by atoms with E-state index in [-0.39, 0.29) is 0 Å². The van der Waals surface area contributed by atoms with E-state index in [9.17, 15) is 0 Å². The Kier molecular flexibility index (Phi) is 4.02. The van der Waals surface area contributed by atoms with Crippen molar-refractivity contribution in [2.24, 2.45) is 5.92 Å². The van der Waals surface area contributed by atoms with Crippen LogP contribution in [0, 0.1) is 5.92 Å². The second kappa shape index (κ2) is 5.34. The fourth-order valence-corrected chi connectivity index (χ4v) is 2.62. The molecule has 2 unspecified atom stereocenters. The Morgan fingerprint density at radius 2 is 2.00 bits per heavy atom. The minimum atomic E-state index is 0.336. The summed E-state index contributed by atoms with van der Waals surface area (Å²) in [5.74, 6) is 0.438. The lowest BCUT2D eigenvalue weighted by Crippen LogP contribution is -2.36. The summed E-state index contributed by atoms with van der Waals surface area (Å²) in [5.41, 5.74) is 7.01. The number of halogens is 2. The molecule has 1 saturated heterocycles. The van der Waals surface area contributed by atoms with Crippen LogP contribution in [0.5, 0.6) is 0 Å². The van der Waals surface area contributed by atoms with E-state index in [4.69, 9.17) is 33.7 Å². The van der Waals surface area contributed by atoms with Gasteiger partial charge in [0, 0.05) is 18.3 Å². The van der Waals surface area contributed by atoms with Gasteiger partial charge in [0.15, 0.2) is 0 Å². The zero-order valence-corrected chi connectivity index (χ0v) is 11.2. The molecule has 2 atom stereocenters. The highest BCUT2D eigenvalue weighted by atomic mass is 35.5. The Labute approximate surface area is 111 Å². The van der Waals surface area contributed by atoms with Crippen LogP contribution in [0.1, 0.15) is 13.3 Å². The van der Waals surface area contributed by atoms with E-state index < -0.39 is 0 Å². The summed E-state index contributed by atoms with van der Waals surface area (Å²) in [7, 11) is 0. The van der Waals surface area contributed by atoms with Gasteiger partial charge < -0.3 is 15.8 Å². The maximum Gasteiger partial charge on any atom is 0.0722 e. The summed E-state index contributed by atoms with van der Waals surface area (Å²) >= 11 is 12.3. The van der Waals surface area contributed by atoms with Crippen LogP contribution >= 0.6 is 23.2 Å². The molecule has 0 radical (unpaired) electrons. The van der Waals surface area contributed by atoms with Gasteiger partial charge in [0.2, 0.25) is 0 Å². The van der Waals surface area contributed by atoms with E-state index in [1.165, 1.54) is 0 Å². The molecule has 2 rings (SSSR count). The number of ether oxygens (including phenoxy) is 1. The molecule has 1 aromatic carbocycles. The average molecular weight is 275 g/mol. The van der Waals surface area contributed by atoms with Crippen LogP contribution in [0.2, 0.25) is 10.0 Å². The quantitative estimate of drug-likeness (QED) is 0.813. The zero-order chi connectivity index (χ0) is 12.4. The molecule has 17 heavy (non-hydrogen) atoms. The van der Waals surface area contributed by atoms with Crippen molar-refractivity contribution in [2.45, 2.75) is 19.4 Å². The van der Waals surface area contributed by atoms with Gasteiger partial charge in [-0.3, -0.25) is 0 Å². The molecule has 1 heterocycles. The SMILES string of the molecule is CC1COCCC1Nc1c(Cl)cc(N)cc1Cl. The molecule has 1 aromatic rings. The summed E-state index contributed by atoms with van der Waals surface area (Å²) in [5, 5.41) is 4.52. The molecule has 1 aliphatic rings. The molecule has 3 nitrogen and oxygen atoms in total. The van der Waals surface area contributed by atoms with Crippen LogP contribution in [-0.2, 0) is 4.74 Å². The molecule has 0 spiro atoms. The minimum absolute atomic E-state index is 0.336. The number of rotatable bonds is 2. The van der Waals surface area contributed by atoms with Crippen molar-refractivity contribution < 1.29 is 4.74 Å². The van der Waals surface area contributed by atoms with Crippen molar-refractivity contribution in [1.29, 1.82) is 0 Å². The van der Waals surface area contributed by atoms with Gasteiger partial charge in [0.05, 0.1) is 22.3 Å². The Hall–Kier alpha value is -0.640. The van der Waals surface area contributed by atoms with E-state index in [2.05, 4.69) is 12.2 Å². The standard InChI is InChI=1S/C12H16Cl2N2O/c1-7-6-17-3-2-11(7)16-12-9(13)4-8(15)5-10(12)14/h4-5,7,11,16H,2-3,6,15H2,1H3. The van der Waals surface area contributed by atoms with Gasteiger partial charge in [-0.05, 0) is 24.5 Å². The molecular formula is C12H16Cl2N2O. The molecule has 0 saturated carbocycles. The lowest BCUT2D eigenvalue weighted by atomic mass is 9.97. The van der Waals surface area contributed by atoms with E-state index in [0.717, 1.165) is 25.3 Å². The zero-order valence-electron chi connectivity index (χ0n) is 9.67. The Morgan fingerprint density at radius 3 is 2.59 bits per heavy atom. The lowest BCUT2D eigenvalue weighted by Gasteiger charge is -2.31. The molecule has 1 aliphatic heterocycles. The second-order valence-electron chi connectivity index (χ2n) is 4.45. The van der Waals surface area contributed by atoms with Crippen molar-refractivity contribution in [3.8, 4) is 0 Å². The van der Waals surface area contributed by atoms with Crippen molar-refractivity contribution in [3.05, 3.63) is 22.2 Å². The third-order valence-corrected chi connectivity index (χ3v) is 3.63. The van der Waals surface area contributed by atoms with Crippen molar-refractivity contribution in [2.75, 3.05) is 24.3 Å². The predicted octanol–water partition coefficient (Wildman–Crippen LogP) is 3.41. The van der Waals surface area contributed by atoms with Crippen LogP contribution in [-0.4, -0.2) is 19.3 Å². The van der Waals surface area contributed by atoms with Crippen molar-refractivity contribution >= 4 is 34.6 Å².